The first-order valence-electron chi connectivity index (χ1n) is 6.34. The molecule has 1 nitrogen and oxygen atoms in total. The molecular formula is C16H16BrIO. The van der Waals surface area contributed by atoms with E-state index < -0.39 is 6.10 Å². The fourth-order valence-electron chi connectivity index (χ4n) is 2.07. The average Bonchev–Trinajstić information content (AvgIpc) is 2.42. The Bertz CT molecular complexity index is 528. The standard InChI is InChI=1S/C16H16BrIO/c17-15-10-9-13(18)11-14(15)16(19)8-4-7-12-5-2-1-3-6-12/h1-3,5-6,9-11,16,19H,4,7-8H2. The number of aliphatic hydroxyl groups is 1. The van der Waals surface area contributed by atoms with E-state index in [4.69, 9.17) is 0 Å². The van der Waals surface area contributed by atoms with E-state index in [0.29, 0.717) is 0 Å². The Labute approximate surface area is 136 Å². The van der Waals surface area contributed by atoms with Crippen LogP contribution in [0.25, 0.3) is 0 Å². The Hall–Kier alpha value is -0.390. The SMILES string of the molecule is OC(CCCc1ccccc1)c1cc(I)ccc1Br. The predicted molar refractivity (Wildman–Crippen MR) is 91.2 cm³/mol. The van der Waals surface area contributed by atoms with Gasteiger partial charge in [0.1, 0.15) is 0 Å². The number of halogens is 2. The van der Waals surface area contributed by atoms with Crippen LogP contribution in [0.15, 0.2) is 53.0 Å². The van der Waals surface area contributed by atoms with Crippen LogP contribution in [0.5, 0.6) is 0 Å². The molecule has 2 aromatic rings. The molecule has 2 aromatic carbocycles. The minimum absolute atomic E-state index is 0.396. The largest absolute Gasteiger partial charge is 0.388 e. The molecule has 0 heterocycles. The lowest BCUT2D eigenvalue weighted by Crippen LogP contribution is -2.00. The summed E-state index contributed by atoms with van der Waals surface area (Å²) >= 11 is 5.78. The van der Waals surface area contributed by atoms with Gasteiger partial charge in [0.05, 0.1) is 6.10 Å². The third-order valence-corrected chi connectivity index (χ3v) is 4.50. The Morgan fingerprint density at radius 1 is 1.11 bits per heavy atom. The van der Waals surface area contributed by atoms with E-state index in [1.54, 1.807) is 0 Å². The molecule has 0 amide bonds. The highest BCUT2D eigenvalue weighted by Gasteiger charge is 2.11. The Balaban J connectivity index is 1.91. The maximum atomic E-state index is 10.3. The predicted octanol–water partition coefficient (Wildman–Crippen LogP) is 5.11. The van der Waals surface area contributed by atoms with Crippen molar-refractivity contribution in [2.75, 3.05) is 0 Å². The van der Waals surface area contributed by atoms with Crippen molar-refractivity contribution in [2.24, 2.45) is 0 Å². The average molecular weight is 431 g/mol. The Morgan fingerprint density at radius 2 is 1.84 bits per heavy atom. The van der Waals surface area contributed by atoms with Crippen molar-refractivity contribution in [2.45, 2.75) is 25.4 Å². The van der Waals surface area contributed by atoms with Gasteiger partial charge in [-0.2, -0.15) is 0 Å². The van der Waals surface area contributed by atoms with Crippen molar-refractivity contribution >= 4 is 38.5 Å². The van der Waals surface area contributed by atoms with E-state index in [2.05, 4.69) is 62.8 Å². The second-order valence-electron chi connectivity index (χ2n) is 4.56. The first-order chi connectivity index (χ1) is 9.16. The summed E-state index contributed by atoms with van der Waals surface area (Å²) in [5.74, 6) is 0. The minimum atomic E-state index is -0.396. The summed E-state index contributed by atoms with van der Waals surface area (Å²) < 4.78 is 2.14. The lowest BCUT2D eigenvalue weighted by Gasteiger charge is -2.13. The molecule has 0 bridgehead atoms. The van der Waals surface area contributed by atoms with Gasteiger partial charge in [-0.1, -0.05) is 46.3 Å². The molecule has 1 N–H and O–H groups in total. The summed E-state index contributed by atoms with van der Waals surface area (Å²) in [6, 6.07) is 16.5. The van der Waals surface area contributed by atoms with Crippen LogP contribution in [-0.2, 0) is 6.42 Å². The molecule has 100 valence electrons. The molecule has 2 rings (SSSR count). The summed E-state index contributed by atoms with van der Waals surface area (Å²) in [7, 11) is 0. The van der Waals surface area contributed by atoms with Gasteiger partial charge in [-0.25, -0.2) is 0 Å². The molecule has 0 aromatic heterocycles. The Kier molecular flexibility index (Phi) is 5.85. The topological polar surface area (TPSA) is 20.2 Å². The highest BCUT2D eigenvalue weighted by Crippen LogP contribution is 2.28. The highest BCUT2D eigenvalue weighted by atomic mass is 127. The molecule has 0 saturated heterocycles. The summed E-state index contributed by atoms with van der Waals surface area (Å²) in [4.78, 5) is 0. The van der Waals surface area contributed by atoms with Crippen LogP contribution in [0.4, 0.5) is 0 Å². The second kappa shape index (κ2) is 7.41. The van der Waals surface area contributed by atoms with Crippen LogP contribution in [0, 0.1) is 3.57 Å². The van der Waals surface area contributed by atoms with Gasteiger partial charge in [0.15, 0.2) is 0 Å². The second-order valence-corrected chi connectivity index (χ2v) is 6.66. The summed E-state index contributed by atoms with van der Waals surface area (Å²) in [5.41, 5.74) is 2.32. The highest BCUT2D eigenvalue weighted by molar-refractivity contribution is 14.1. The maximum Gasteiger partial charge on any atom is 0.0801 e. The normalized spacial score (nSPS) is 12.4. The first-order valence-corrected chi connectivity index (χ1v) is 8.21. The van der Waals surface area contributed by atoms with Crippen LogP contribution >= 0.6 is 38.5 Å². The van der Waals surface area contributed by atoms with E-state index in [-0.39, 0.29) is 0 Å². The lowest BCUT2D eigenvalue weighted by atomic mass is 10.0. The molecule has 1 unspecified atom stereocenters. The van der Waals surface area contributed by atoms with Crippen LogP contribution in [0.2, 0.25) is 0 Å². The molecular weight excluding hydrogens is 415 g/mol. The summed E-state index contributed by atoms with van der Waals surface area (Å²) in [6.07, 6.45) is 2.39. The number of hydrogen-bond acceptors (Lipinski definition) is 1. The molecule has 0 saturated carbocycles. The molecule has 3 heteroatoms. The third-order valence-electron chi connectivity index (χ3n) is 3.10. The Morgan fingerprint density at radius 3 is 2.58 bits per heavy atom. The van der Waals surface area contributed by atoms with Crippen LogP contribution in [0.1, 0.15) is 30.1 Å². The summed E-state index contributed by atoms with van der Waals surface area (Å²) in [5, 5.41) is 10.3. The fraction of sp³-hybridized carbons (Fsp3) is 0.250. The van der Waals surface area contributed by atoms with Gasteiger partial charge in [-0.05, 0) is 71.2 Å². The monoisotopic (exact) mass is 430 g/mol. The minimum Gasteiger partial charge on any atom is -0.388 e. The van der Waals surface area contributed by atoms with Crippen molar-refractivity contribution in [1.82, 2.24) is 0 Å². The number of benzene rings is 2. The quantitative estimate of drug-likeness (QED) is 0.653. The van der Waals surface area contributed by atoms with E-state index >= 15 is 0 Å². The first kappa shape index (κ1) is 15.0. The van der Waals surface area contributed by atoms with Crippen molar-refractivity contribution in [1.29, 1.82) is 0 Å². The zero-order valence-electron chi connectivity index (χ0n) is 10.5. The van der Waals surface area contributed by atoms with Gasteiger partial charge in [-0.3, -0.25) is 0 Å². The van der Waals surface area contributed by atoms with Crippen molar-refractivity contribution in [3.63, 3.8) is 0 Å². The smallest absolute Gasteiger partial charge is 0.0801 e. The van der Waals surface area contributed by atoms with Crippen LogP contribution in [0.3, 0.4) is 0 Å². The van der Waals surface area contributed by atoms with Crippen LogP contribution in [-0.4, -0.2) is 5.11 Å². The van der Waals surface area contributed by atoms with Crippen molar-refractivity contribution in [3.05, 3.63) is 67.7 Å². The third kappa shape index (κ3) is 4.58. The van der Waals surface area contributed by atoms with Gasteiger partial charge in [0.25, 0.3) is 0 Å². The molecule has 0 aliphatic rings. The van der Waals surface area contributed by atoms with Crippen molar-refractivity contribution < 1.29 is 5.11 Å². The lowest BCUT2D eigenvalue weighted by molar-refractivity contribution is 0.164. The van der Waals surface area contributed by atoms with Gasteiger partial charge >= 0.3 is 0 Å². The van der Waals surface area contributed by atoms with E-state index in [0.717, 1.165) is 32.9 Å². The molecule has 0 fully saturated rings. The van der Waals surface area contributed by atoms with Gasteiger partial charge in [-0.15, -0.1) is 0 Å². The zero-order valence-corrected chi connectivity index (χ0v) is 14.3. The van der Waals surface area contributed by atoms with Gasteiger partial charge < -0.3 is 5.11 Å². The molecule has 0 aliphatic carbocycles. The molecule has 1 atom stereocenters. The molecule has 0 radical (unpaired) electrons. The maximum absolute atomic E-state index is 10.3. The van der Waals surface area contributed by atoms with Crippen LogP contribution < -0.4 is 0 Å². The zero-order chi connectivity index (χ0) is 13.7. The van der Waals surface area contributed by atoms with Gasteiger partial charge in [0, 0.05) is 8.04 Å². The van der Waals surface area contributed by atoms with E-state index in [1.807, 2.05) is 24.3 Å². The number of rotatable bonds is 5. The number of hydrogen-bond donors (Lipinski definition) is 1. The number of aryl methyl sites for hydroxylation is 1. The van der Waals surface area contributed by atoms with Gasteiger partial charge in [0.2, 0.25) is 0 Å². The van der Waals surface area contributed by atoms with E-state index in [1.165, 1.54) is 5.56 Å². The number of aliphatic hydroxyl groups excluding tert-OH is 1. The summed E-state index contributed by atoms with van der Waals surface area (Å²) in [6.45, 7) is 0. The molecule has 19 heavy (non-hydrogen) atoms. The van der Waals surface area contributed by atoms with Crippen molar-refractivity contribution in [3.8, 4) is 0 Å². The fourth-order valence-corrected chi connectivity index (χ4v) is 3.10. The molecule has 0 aliphatic heterocycles. The molecule has 0 spiro atoms. The van der Waals surface area contributed by atoms with E-state index in [9.17, 15) is 5.11 Å².